The topological polar surface area (TPSA) is 78.8 Å². The summed E-state index contributed by atoms with van der Waals surface area (Å²) in [6.07, 6.45) is 2.09. The van der Waals surface area contributed by atoms with Gasteiger partial charge in [0.15, 0.2) is 5.84 Å². The normalized spacial score (nSPS) is 16.7. The molecule has 2 rings (SSSR count). The van der Waals surface area contributed by atoms with Gasteiger partial charge in [-0.25, -0.2) is 0 Å². The number of amidine groups is 1. The lowest BCUT2D eigenvalue weighted by Gasteiger charge is -2.07. The second-order valence-electron chi connectivity index (χ2n) is 3.66. The minimum absolute atomic E-state index is 0.00111. The smallest absolute Gasteiger partial charge is 0.170 e. The largest absolute Gasteiger partial charge is 0.506 e. The number of phenols is 1. The Morgan fingerprint density at radius 1 is 1.47 bits per heavy atom. The van der Waals surface area contributed by atoms with Gasteiger partial charge in [-0.1, -0.05) is 16.8 Å². The van der Waals surface area contributed by atoms with Crippen LogP contribution in [-0.4, -0.2) is 16.1 Å². The molecular formula is C10H11ClN2O2. The van der Waals surface area contributed by atoms with E-state index in [4.69, 9.17) is 22.5 Å². The van der Waals surface area contributed by atoms with E-state index in [9.17, 15) is 5.11 Å². The maximum Gasteiger partial charge on any atom is 0.170 e. The molecule has 15 heavy (non-hydrogen) atoms. The Kier molecular flexibility index (Phi) is 2.44. The van der Waals surface area contributed by atoms with Crippen molar-refractivity contribution in [3.63, 3.8) is 0 Å². The van der Waals surface area contributed by atoms with E-state index in [2.05, 4.69) is 5.16 Å². The van der Waals surface area contributed by atoms with Crippen LogP contribution in [-0.2, 0) is 0 Å². The first kappa shape index (κ1) is 10.1. The van der Waals surface area contributed by atoms with Crippen LogP contribution in [0.3, 0.4) is 0 Å². The van der Waals surface area contributed by atoms with Gasteiger partial charge in [0.05, 0.1) is 5.02 Å². The molecular weight excluding hydrogens is 216 g/mol. The summed E-state index contributed by atoms with van der Waals surface area (Å²) in [5, 5.41) is 21.4. The van der Waals surface area contributed by atoms with Crippen LogP contribution < -0.4 is 5.73 Å². The van der Waals surface area contributed by atoms with Crippen LogP contribution in [0.25, 0.3) is 0 Å². The monoisotopic (exact) mass is 226 g/mol. The molecule has 1 aliphatic carbocycles. The molecule has 1 saturated carbocycles. The maximum absolute atomic E-state index is 9.71. The quantitative estimate of drug-likeness (QED) is 0.312. The fourth-order valence-corrected chi connectivity index (χ4v) is 1.76. The Morgan fingerprint density at radius 3 is 2.67 bits per heavy atom. The van der Waals surface area contributed by atoms with Crippen molar-refractivity contribution in [3.8, 4) is 5.75 Å². The van der Waals surface area contributed by atoms with Crippen molar-refractivity contribution in [2.75, 3.05) is 0 Å². The predicted molar refractivity (Wildman–Crippen MR) is 57.6 cm³/mol. The van der Waals surface area contributed by atoms with E-state index in [1.54, 1.807) is 6.07 Å². The molecule has 0 aliphatic heterocycles. The molecule has 0 unspecified atom stereocenters. The highest BCUT2D eigenvalue weighted by Crippen LogP contribution is 2.46. The molecule has 0 bridgehead atoms. The lowest BCUT2D eigenvalue weighted by Crippen LogP contribution is -2.13. The predicted octanol–water partition coefficient (Wildman–Crippen LogP) is 2.02. The second-order valence-corrected chi connectivity index (χ2v) is 4.06. The van der Waals surface area contributed by atoms with Gasteiger partial charge in [0, 0.05) is 5.56 Å². The van der Waals surface area contributed by atoms with Crippen LogP contribution >= 0.6 is 11.6 Å². The fraction of sp³-hybridized carbons (Fsp3) is 0.300. The lowest BCUT2D eigenvalue weighted by molar-refractivity contribution is 0.318. The third kappa shape index (κ3) is 1.85. The minimum Gasteiger partial charge on any atom is -0.506 e. The number of halogens is 1. The summed E-state index contributed by atoms with van der Waals surface area (Å²) in [5.41, 5.74) is 6.77. The van der Waals surface area contributed by atoms with Gasteiger partial charge in [-0.2, -0.15) is 0 Å². The summed E-state index contributed by atoms with van der Waals surface area (Å²) >= 11 is 5.85. The molecule has 5 heteroatoms. The van der Waals surface area contributed by atoms with E-state index in [0.717, 1.165) is 18.4 Å². The summed E-state index contributed by atoms with van der Waals surface area (Å²) in [6.45, 7) is 0. The van der Waals surface area contributed by atoms with Gasteiger partial charge in [0.1, 0.15) is 5.75 Å². The third-order valence-corrected chi connectivity index (χ3v) is 2.80. The van der Waals surface area contributed by atoms with Gasteiger partial charge >= 0.3 is 0 Å². The van der Waals surface area contributed by atoms with Crippen LogP contribution in [0.5, 0.6) is 5.75 Å². The molecule has 0 heterocycles. The first-order chi connectivity index (χ1) is 7.13. The Bertz CT molecular complexity index is 428. The van der Waals surface area contributed by atoms with E-state index in [1.807, 2.05) is 0 Å². The van der Waals surface area contributed by atoms with Crippen LogP contribution in [0.1, 0.15) is 29.9 Å². The molecule has 80 valence electrons. The van der Waals surface area contributed by atoms with Gasteiger partial charge in [-0.3, -0.25) is 0 Å². The van der Waals surface area contributed by atoms with Crippen molar-refractivity contribution in [1.29, 1.82) is 0 Å². The number of hydrogen-bond acceptors (Lipinski definition) is 3. The zero-order chi connectivity index (χ0) is 11.0. The fourth-order valence-electron chi connectivity index (χ4n) is 1.53. The van der Waals surface area contributed by atoms with Crippen LogP contribution in [0.15, 0.2) is 17.3 Å². The van der Waals surface area contributed by atoms with Crippen molar-refractivity contribution in [3.05, 3.63) is 28.3 Å². The molecule has 1 aliphatic rings. The standard InChI is InChI=1S/C10H11ClN2O2/c11-8-4-6(10(12)13-15)3-7(9(8)14)5-1-2-5/h3-5,14-15H,1-2H2,(H2,12,13). The number of aromatic hydroxyl groups is 1. The molecule has 0 amide bonds. The Hall–Kier alpha value is -1.42. The average Bonchev–Trinajstić information content (AvgIpc) is 3.04. The first-order valence-corrected chi connectivity index (χ1v) is 5.01. The average molecular weight is 227 g/mol. The number of hydrogen-bond donors (Lipinski definition) is 3. The number of phenolic OH excluding ortho intramolecular Hbond substituents is 1. The first-order valence-electron chi connectivity index (χ1n) is 4.63. The van der Waals surface area contributed by atoms with Crippen molar-refractivity contribution in [2.24, 2.45) is 10.9 Å². The summed E-state index contributed by atoms with van der Waals surface area (Å²) in [4.78, 5) is 0. The summed E-state index contributed by atoms with van der Waals surface area (Å²) in [5.74, 6) is 0.460. The molecule has 1 aromatic carbocycles. The molecule has 4 N–H and O–H groups in total. The zero-order valence-electron chi connectivity index (χ0n) is 7.94. The summed E-state index contributed by atoms with van der Waals surface area (Å²) < 4.78 is 0. The number of oxime groups is 1. The van der Waals surface area contributed by atoms with Crippen molar-refractivity contribution >= 4 is 17.4 Å². The van der Waals surface area contributed by atoms with E-state index in [1.165, 1.54) is 6.07 Å². The summed E-state index contributed by atoms with van der Waals surface area (Å²) in [6, 6.07) is 3.20. The van der Waals surface area contributed by atoms with Crippen molar-refractivity contribution < 1.29 is 10.3 Å². The zero-order valence-corrected chi connectivity index (χ0v) is 8.70. The van der Waals surface area contributed by atoms with E-state index in [0.29, 0.717) is 11.5 Å². The number of benzene rings is 1. The second kappa shape index (κ2) is 3.62. The van der Waals surface area contributed by atoms with Crippen LogP contribution in [0, 0.1) is 0 Å². The molecule has 1 aromatic rings. The van der Waals surface area contributed by atoms with Crippen molar-refractivity contribution in [2.45, 2.75) is 18.8 Å². The van der Waals surface area contributed by atoms with Crippen molar-refractivity contribution in [1.82, 2.24) is 0 Å². The van der Waals surface area contributed by atoms with Gasteiger partial charge in [-0.05, 0) is 36.5 Å². The molecule has 4 nitrogen and oxygen atoms in total. The highest BCUT2D eigenvalue weighted by molar-refractivity contribution is 6.32. The number of nitrogens with two attached hydrogens (primary N) is 1. The van der Waals surface area contributed by atoms with Gasteiger partial charge < -0.3 is 16.0 Å². The molecule has 0 saturated heterocycles. The number of nitrogens with zero attached hydrogens (tertiary/aromatic N) is 1. The highest BCUT2D eigenvalue weighted by atomic mass is 35.5. The van der Waals surface area contributed by atoms with Gasteiger partial charge in [0.2, 0.25) is 0 Å². The Labute approximate surface area is 92.0 Å². The molecule has 0 aromatic heterocycles. The van der Waals surface area contributed by atoms with Crippen LogP contribution in [0.2, 0.25) is 5.02 Å². The highest BCUT2D eigenvalue weighted by Gasteiger charge is 2.28. The molecule has 1 fully saturated rings. The Balaban J connectivity index is 2.50. The van der Waals surface area contributed by atoms with E-state index >= 15 is 0 Å². The Morgan fingerprint density at radius 2 is 2.13 bits per heavy atom. The van der Waals surface area contributed by atoms with Gasteiger partial charge in [-0.15, -0.1) is 0 Å². The molecule has 0 spiro atoms. The minimum atomic E-state index is -0.00111. The molecule has 0 radical (unpaired) electrons. The SMILES string of the molecule is NC(=NO)c1cc(Cl)c(O)c(C2CC2)c1. The third-order valence-electron chi connectivity index (χ3n) is 2.51. The van der Waals surface area contributed by atoms with E-state index in [-0.39, 0.29) is 16.6 Å². The maximum atomic E-state index is 9.71. The van der Waals surface area contributed by atoms with Crippen LogP contribution in [0.4, 0.5) is 0 Å². The number of rotatable bonds is 2. The summed E-state index contributed by atoms with van der Waals surface area (Å²) in [7, 11) is 0. The van der Waals surface area contributed by atoms with Gasteiger partial charge in [0.25, 0.3) is 0 Å². The molecule has 0 atom stereocenters. The van der Waals surface area contributed by atoms with E-state index < -0.39 is 0 Å². The lowest BCUT2D eigenvalue weighted by atomic mass is 10.1.